The average Bonchev–Trinajstić information content (AvgIpc) is 2.67. The van der Waals surface area contributed by atoms with Crippen molar-refractivity contribution >= 4 is 5.97 Å². The Balaban J connectivity index is 2.27. The Morgan fingerprint density at radius 2 is 2.31 bits per heavy atom. The predicted molar refractivity (Wildman–Crippen MR) is 60.5 cm³/mol. The van der Waals surface area contributed by atoms with E-state index < -0.39 is 0 Å². The molecule has 0 radical (unpaired) electrons. The number of carbonyl (C=O) groups excluding carboxylic acids is 1. The zero-order valence-electron chi connectivity index (χ0n) is 9.62. The monoisotopic (exact) mass is 220 g/mol. The van der Waals surface area contributed by atoms with Crippen LogP contribution in [0.4, 0.5) is 0 Å². The predicted octanol–water partition coefficient (Wildman–Crippen LogP) is 2.29. The summed E-state index contributed by atoms with van der Waals surface area (Å²) in [5.74, 6) is 0.433. The third-order valence-electron chi connectivity index (χ3n) is 3.43. The highest BCUT2D eigenvalue weighted by molar-refractivity contribution is 5.71. The Bertz CT molecular complexity index is 423. The number of benzene rings is 1. The Morgan fingerprint density at radius 1 is 1.56 bits per heavy atom. The molecular weight excluding hydrogens is 204 g/mol. The first-order chi connectivity index (χ1) is 7.63. The molecule has 0 aliphatic heterocycles. The highest BCUT2D eigenvalue weighted by Gasteiger charge is 2.26. The van der Waals surface area contributed by atoms with Gasteiger partial charge >= 0.3 is 5.97 Å². The molecule has 1 aliphatic carbocycles. The summed E-state index contributed by atoms with van der Waals surface area (Å²) in [4.78, 5) is 11.3. The van der Waals surface area contributed by atoms with Gasteiger partial charge in [-0.05, 0) is 48.4 Å². The second kappa shape index (κ2) is 4.16. The molecule has 0 spiro atoms. The Labute approximate surface area is 95.0 Å². The summed E-state index contributed by atoms with van der Waals surface area (Å²) >= 11 is 0. The van der Waals surface area contributed by atoms with Crippen LogP contribution in [0.3, 0.4) is 0 Å². The van der Waals surface area contributed by atoms with Crippen LogP contribution in [0.15, 0.2) is 12.1 Å². The fraction of sp³-hybridized carbons (Fsp3) is 0.462. The lowest BCUT2D eigenvalue weighted by atomic mass is 9.96. The van der Waals surface area contributed by atoms with E-state index in [9.17, 15) is 9.90 Å². The molecule has 86 valence electrons. The van der Waals surface area contributed by atoms with Gasteiger partial charge in [0.2, 0.25) is 0 Å². The van der Waals surface area contributed by atoms with E-state index in [1.165, 1.54) is 18.2 Å². The van der Waals surface area contributed by atoms with E-state index in [2.05, 4.69) is 0 Å². The second-order valence-electron chi connectivity index (χ2n) is 4.29. The van der Waals surface area contributed by atoms with Crippen molar-refractivity contribution < 1.29 is 14.6 Å². The standard InChI is InChI=1S/C13H16O3/c1-8-10-4-3-9(7-13(15)16-2)11(10)5-6-12(8)14/h5-6,9,14H,3-4,7H2,1-2H3. The molecule has 1 atom stereocenters. The number of hydrogen-bond acceptors (Lipinski definition) is 3. The summed E-state index contributed by atoms with van der Waals surface area (Å²) in [6.45, 7) is 1.93. The van der Waals surface area contributed by atoms with Crippen LogP contribution in [0, 0.1) is 6.92 Å². The fourth-order valence-corrected chi connectivity index (χ4v) is 2.45. The Morgan fingerprint density at radius 3 is 3.00 bits per heavy atom. The molecular formula is C13H16O3. The number of ether oxygens (including phenoxy) is 1. The highest BCUT2D eigenvalue weighted by atomic mass is 16.5. The number of phenols is 1. The molecule has 0 saturated carbocycles. The first-order valence-corrected chi connectivity index (χ1v) is 5.51. The van der Waals surface area contributed by atoms with Crippen LogP contribution in [0.25, 0.3) is 0 Å². The van der Waals surface area contributed by atoms with Crippen LogP contribution < -0.4 is 0 Å². The van der Waals surface area contributed by atoms with Gasteiger partial charge < -0.3 is 9.84 Å². The van der Waals surface area contributed by atoms with E-state index in [1.54, 1.807) is 6.07 Å². The largest absolute Gasteiger partial charge is 0.508 e. The number of hydrogen-bond donors (Lipinski definition) is 1. The SMILES string of the molecule is COC(=O)CC1CCc2c1ccc(O)c2C. The van der Waals surface area contributed by atoms with Crippen molar-refractivity contribution in [3.05, 3.63) is 28.8 Å². The number of esters is 1. The molecule has 0 bridgehead atoms. The number of phenolic OH excluding ortho intramolecular Hbond substituents is 1. The molecule has 1 aromatic rings. The van der Waals surface area contributed by atoms with Crippen molar-refractivity contribution in [2.24, 2.45) is 0 Å². The van der Waals surface area contributed by atoms with E-state index in [1.807, 2.05) is 13.0 Å². The van der Waals surface area contributed by atoms with Gasteiger partial charge in [-0.1, -0.05) is 6.07 Å². The van der Waals surface area contributed by atoms with Gasteiger partial charge in [-0.3, -0.25) is 4.79 Å². The minimum absolute atomic E-state index is 0.163. The normalized spacial score (nSPS) is 18.2. The number of carbonyl (C=O) groups is 1. The van der Waals surface area contributed by atoms with Crippen LogP contribution >= 0.6 is 0 Å². The van der Waals surface area contributed by atoms with Gasteiger partial charge in [0.25, 0.3) is 0 Å². The molecule has 1 N–H and O–H groups in total. The zero-order valence-corrected chi connectivity index (χ0v) is 9.62. The average molecular weight is 220 g/mol. The summed E-state index contributed by atoms with van der Waals surface area (Å²) in [6, 6.07) is 3.64. The maximum Gasteiger partial charge on any atom is 0.306 e. The van der Waals surface area contributed by atoms with E-state index >= 15 is 0 Å². The molecule has 0 amide bonds. The minimum Gasteiger partial charge on any atom is -0.508 e. The molecule has 0 fully saturated rings. The van der Waals surface area contributed by atoms with Crippen molar-refractivity contribution in [3.8, 4) is 5.75 Å². The van der Waals surface area contributed by atoms with Crippen LogP contribution in [-0.2, 0) is 16.0 Å². The Kier molecular flexibility index (Phi) is 2.86. The molecule has 0 aromatic heterocycles. The van der Waals surface area contributed by atoms with Gasteiger partial charge in [-0.2, -0.15) is 0 Å². The van der Waals surface area contributed by atoms with E-state index in [4.69, 9.17) is 4.74 Å². The van der Waals surface area contributed by atoms with Gasteiger partial charge in [-0.15, -0.1) is 0 Å². The first kappa shape index (κ1) is 11.0. The van der Waals surface area contributed by atoms with E-state index in [0.717, 1.165) is 18.4 Å². The fourth-order valence-electron chi connectivity index (χ4n) is 2.45. The third kappa shape index (κ3) is 1.77. The van der Waals surface area contributed by atoms with Crippen LogP contribution in [0.1, 0.15) is 35.4 Å². The smallest absolute Gasteiger partial charge is 0.306 e. The van der Waals surface area contributed by atoms with Gasteiger partial charge in [0.15, 0.2) is 0 Å². The summed E-state index contributed by atoms with van der Waals surface area (Å²) in [7, 11) is 1.42. The minimum atomic E-state index is -0.163. The number of aromatic hydroxyl groups is 1. The van der Waals surface area contributed by atoms with Gasteiger partial charge in [0.05, 0.1) is 13.5 Å². The molecule has 3 nitrogen and oxygen atoms in total. The number of methoxy groups -OCH3 is 1. The van der Waals surface area contributed by atoms with Crippen molar-refractivity contribution in [2.45, 2.75) is 32.1 Å². The van der Waals surface area contributed by atoms with Crippen molar-refractivity contribution in [1.29, 1.82) is 0 Å². The molecule has 3 heteroatoms. The summed E-state index contributed by atoms with van der Waals surface area (Å²) < 4.78 is 4.69. The topological polar surface area (TPSA) is 46.5 Å². The molecule has 1 unspecified atom stereocenters. The lowest BCUT2D eigenvalue weighted by Crippen LogP contribution is -2.06. The summed E-state index contributed by atoms with van der Waals surface area (Å²) in [6.07, 6.45) is 2.35. The molecule has 0 heterocycles. The summed E-state index contributed by atoms with van der Waals surface area (Å²) in [5.41, 5.74) is 3.35. The van der Waals surface area contributed by atoms with Gasteiger partial charge in [0.1, 0.15) is 5.75 Å². The van der Waals surface area contributed by atoms with Gasteiger partial charge in [0, 0.05) is 0 Å². The molecule has 2 rings (SSSR count). The van der Waals surface area contributed by atoms with Crippen molar-refractivity contribution in [3.63, 3.8) is 0 Å². The maximum absolute atomic E-state index is 11.3. The molecule has 0 saturated heterocycles. The van der Waals surface area contributed by atoms with Crippen molar-refractivity contribution in [2.75, 3.05) is 7.11 Å². The quantitative estimate of drug-likeness (QED) is 0.778. The molecule has 16 heavy (non-hydrogen) atoms. The highest BCUT2D eigenvalue weighted by Crippen LogP contribution is 2.39. The zero-order chi connectivity index (χ0) is 11.7. The van der Waals surface area contributed by atoms with Crippen molar-refractivity contribution in [1.82, 2.24) is 0 Å². The first-order valence-electron chi connectivity index (χ1n) is 5.51. The summed E-state index contributed by atoms with van der Waals surface area (Å²) in [5, 5.41) is 9.61. The van der Waals surface area contributed by atoms with Crippen LogP contribution in [0.2, 0.25) is 0 Å². The van der Waals surface area contributed by atoms with Crippen LogP contribution in [0.5, 0.6) is 5.75 Å². The van der Waals surface area contributed by atoms with Crippen LogP contribution in [-0.4, -0.2) is 18.2 Å². The maximum atomic E-state index is 11.3. The lowest BCUT2D eigenvalue weighted by Gasteiger charge is -2.11. The van der Waals surface area contributed by atoms with E-state index in [-0.39, 0.29) is 11.9 Å². The molecule has 1 aliphatic rings. The third-order valence-corrected chi connectivity index (χ3v) is 3.43. The Hall–Kier alpha value is -1.51. The van der Waals surface area contributed by atoms with Gasteiger partial charge in [-0.25, -0.2) is 0 Å². The number of fused-ring (bicyclic) bond motifs is 1. The van der Waals surface area contributed by atoms with E-state index in [0.29, 0.717) is 12.2 Å². The molecule has 1 aromatic carbocycles. The lowest BCUT2D eigenvalue weighted by molar-refractivity contribution is -0.141. The number of rotatable bonds is 2. The second-order valence-corrected chi connectivity index (χ2v) is 4.29.